The number of aryl methyl sites for hydroxylation is 2. The van der Waals surface area contributed by atoms with Crippen LogP contribution in [0.3, 0.4) is 0 Å². The third kappa shape index (κ3) is 4.18. The van der Waals surface area contributed by atoms with Crippen LogP contribution in [0.1, 0.15) is 25.1 Å². The standard InChI is InChI=1S/C11H20N4S/c1-8(2)5-12-11(16)13-6-10-7-15(4)14-9(10)3/h7-8H,5-6H2,1-4H3,(H2,12,13,16). The molecule has 0 aliphatic carbocycles. The minimum Gasteiger partial charge on any atom is -0.362 e. The summed E-state index contributed by atoms with van der Waals surface area (Å²) in [5, 5.41) is 11.3. The van der Waals surface area contributed by atoms with E-state index in [9.17, 15) is 0 Å². The molecule has 1 heterocycles. The van der Waals surface area contributed by atoms with Crippen molar-refractivity contribution in [2.45, 2.75) is 27.3 Å². The summed E-state index contributed by atoms with van der Waals surface area (Å²) in [4.78, 5) is 0. The Morgan fingerprint density at radius 1 is 1.50 bits per heavy atom. The highest BCUT2D eigenvalue weighted by Crippen LogP contribution is 2.03. The molecule has 0 unspecified atom stereocenters. The first-order chi connectivity index (χ1) is 7.49. The Bertz CT molecular complexity index is 357. The van der Waals surface area contributed by atoms with E-state index in [0.29, 0.717) is 11.0 Å². The number of aromatic nitrogens is 2. The molecule has 1 aromatic rings. The third-order valence-corrected chi connectivity index (χ3v) is 2.51. The Balaban J connectivity index is 2.34. The molecule has 0 radical (unpaired) electrons. The zero-order valence-electron chi connectivity index (χ0n) is 10.4. The van der Waals surface area contributed by atoms with Crippen LogP contribution in [-0.4, -0.2) is 21.4 Å². The molecule has 1 aromatic heterocycles. The molecule has 0 aliphatic rings. The fraction of sp³-hybridized carbons (Fsp3) is 0.636. The first-order valence-electron chi connectivity index (χ1n) is 5.50. The molecule has 1 rings (SSSR count). The van der Waals surface area contributed by atoms with Gasteiger partial charge >= 0.3 is 0 Å². The van der Waals surface area contributed by atoms with Gasteiger partial charge in [-0.15, -0.1) is 0 Å². The summed E-state index contributed by atoms with van der Waals surface area (Å²) in [6.45, 7) is 7.94. The minimum absolute atomic E-state index is 0.597. The van der Waals surface area contributed by atoms with Gasteiger partial charge in [0.25, 0.3) is 0 Å². The molecule has 0 aromatic carbocycles. The topological polar surface area (TPSA) is 41.9 Å². The summed E-state index contributed by atoms with van der Waals surface area (Å²) in [7, 11) is 1.92. The van der Waals surface area contributed by atoms with Crippen LogP contribution in [0, 0.1) is 12.8 Å². The summed E-state index contributed by atoms with van der Waals surface area (Å²) in [6, 6.07) is 0. The maximum absolute atomic E-state index is 5.17. The summed E-state index contributed by atoms with van der Waals surface area (Å²) < 4.78 is 1.82. The number of hydrogen-bond donors (Lipinski definition) is 2. The van der Waals surface area contributed by atoms with E-state index in [-0.39, 0.29) is 0 Å². The Hall–Kier alpha value is -1.10. The van der Waals surface area contributed by atoms with Gasteiger partial charge in [0, 0.05) is 31.9 Å². The Morgan fingerprint density at radius 2 is 2.19 bits per heavy atom. The molecule has 5 heteroatoms. The summed E-state index contributed by atoms with van der Waals surface area (Å²) >= 11 is 5.17. The molecule has 16 heavy (non-hydrogen) atoms. The molecule has 0 bridgehead atoms. The number of rotatable bonds is 4. The van der Waals surface area contributed by atoms with Gasteiger partial charge < -0.3 is 10.6 Å². The van der Waals surface area contributed by atoms with Gasteiger partial charge in [0.05, 0.1) is 5.69 Å². The third-order valence-electron chi connectivity index (χ3n) is 2.23. The van der Waals surface area contributed by atoms with E-state index in [1.165, 1.54) is 5.56 Å². The van der Waals surface area contributed by atoms with Crippen molar-refractivity contribution in [2.75, 3.05) is 6.54 Å². The summed E-state index contributed by atoms with van der Waals surface area (Å²) in [6.07, 6.45) is 2.01. The first kappa shape index (κ1) is 13.0. The van der Waals surface area contributed by atoms with Crippen LogP contribution < -0.4 is 10.6 Å². The van der Waals surface area contributed by atoms with Crippen molar-refractivity contribution in [1.29, 1.82) is 0 Å². The van der Waals surface area contributed by atoms with E-state index in [4.69, 9.17) is 12.2 Å². The molecule has 90 valence electrons. The molecule has 0 atom stereocenters. The van der Waals surface area contributed by atoms with Crippen molar-refractivity contribution in [3.05, 3.63) is 17.5 Å². The van der Waals surface area contributed by atoms with Crippen molar-refractivity contribution in [1.82, 2.24) is 20.4 Å². The van der Waals surface area contributed by atoms with Crippen molar-refractivity contribution >= 4 is 17.3 Å². The van der Waals surface area contributed by atoms with Crippen molar-refractivity contribution in [3.63, 3.8) is 0 Å². The van der Waals surface area contributed by atoms with Crippen LogP contribution in [0.15, 0.2) is 6.20 Å². The van der Waals surface area contributed by atoms with Gasteiger partial charge in [0.2, 0.25) is 0 Å². The van der Waals surface area contributed by atoms with Crippen LogP contribution >= 0.6 is 12.2 Å². The zero-order chi connectivity index (χ0) is 12.1. The minimum atomic E-state index is 0.597. The van der Waals surface area contributed by atoms with Gasteiger partial charge in [-0.25, -0.2) is 0 Å². The maximum atomic E-state index is 5.17. The van der Waals surface area contributed by atoms with E-state index >= 15 is 0 Å². The van der Waals surface area contributed by atoms with Crippen molar-refractivity contribution < 1.29 is 0 Å². The molecule has 0 saturated heterocycles. The fourth-order valence-electron chi connectivity index (χ4n) is 1.36. The Labute approximate surface area is 102 Å². The van der Waals surface area contributed by atoms with Crippen molar-refractivity contribution in [3.8, 4) is 0 Å². The average Bonchev–Trinajstić information content (AvgIpc) is 2.51. The van der Waals surface area contributed by atoms with Crippen LogP contribution in [0.2, 0.25) is 0 Å². The molecule has 0 aliphatic heterocycles. The monoisotopic (exact) mass is 240 g/mol. The first-order valence-corrected chi connectivity index (χ1v) is 5.90. The fourth-order valence-corrected chi connectivity index (χ4v) is 1.51. The zero-order valence-corrected chi connectivity index (χ0v) is 11.2. The van der Waals surface area contributed by atoms with E-state index < -0.39 is 0 Å². The lowest BCUT2D eigenvalue weighted by Gasteiger charge is -2.11. The molecular formula is C11H20N4S. The second-order valence-electron chi connectivity index (χ2n) is 4.37. The maximum Gasteiger partial charge on any atom is 0.166 e. The van der Waals surface area contributed by atoms with Crippen LogP contribution in [0.4, 0.5) is 0 Å². The predicted molar refractivity (Wildman–Crippen MR) is 70.2 cm³/mol. The van der Waals surface area contributed by atoms with Crippen LogP contribution in [-0.2, 0) is 13.6 Å². The van der Waals surface area contributed by atoms with E-state index in [2.05, 4.69) is 29.6 Å². The molecular weight excluding hydrogens is 220 g/mol. The average molecular weight is 240 g/mol. The van der Waals surface area contributed by atoms with E-state index in [0.717, 1.165) is 18.8 Å². The number of hydrogen-bond acceptors (Lipinski definition) is 2. The van der Waals surface area contributed by atoms with Crippen LogP contribution in [0.5, 0.6) is 0 Å². The van der Waals surface area contributed by atoms with Gasteiger partial charge in [-0.3, -0.25) is 4.68 Å². The summed E-state index contributed by atoms with van der Waals surface area (Å²) in [5.74, 6) is 0.597. The quantitative estimate of drug-likeness (QED) is 0.780. The molecule has 0 amide bonds. The molecule has 0 fully saturated rings. The highest BCUT2D eigenvalue weighted by atomic mass is 32.1. The second kappa shape index (κ2) is 5.84. The normalized spacial score (nSPS) is 10.6. The molecule has 2 N–H and O–H groups in total. The number of thiocarbonyl (C=S) groups is 1. The van der Waals surface area contributed by atoms with Gasteiger partial charge in [-0.05, 0) is 25.1 Å². The lowest BCUT2D eigenvalue weighted by atomic mass is 10.2. The second-order valence-corrected chi connectivity index (χ2v) is 4.78. The van der Waals surface area contributed by atoms with E-state index in [1.54, 1.807) is 0 Å². The van der Waals surface area contributed by atoms with Gasteiger partial charge in [0.1, 0.15) is 0 Å². The van der Waals surface area contributed by atoms with Crippen LogP contribution in [0.25, 0.3) is 0 Å². The number of nitrogens with one attached hydrogen (secondary N) is 2. The largest absolute Gasteiger partial charge is 0.362 e. The highest BCUT2D eigenvalue weighted by molar-refractivity contribution is 7.80. The van der Waals surface area contributed by atoms with Gasteiger partial charge in [0.15, 0.2) is 5.11 Å². The van der Waals surface area contributed by atoms with Gasteiger partial charge in [-0.1, -0.05) is 13.8 Å². The smallest absolute Gasteiger partial charge is 0.166 e. The highest BCUT2D eigenvalue weighted by Gasteiger charge is 2.03. The van der Waals surface area contributed by atoms with Crippen molar-refractivity contribution in [2.24, 2.45) is 13.0 Å². The van der Waals surface area contributed by atoms with E-state index in [1.807, 2.05) is 24.9 Å². The Kier molecular flexibility index (Phi) is 4.73. The molecule has 4 nitrogen and oxygen atoms in total. The lowest BCUT2D eigenvalue weighted by Crippen LogP contribution is -2.36. The molecule has 0 spiro atoms. The Morgan fingerprint density at radius 3 is 2.69 bits per heavy atom. The predicted octanol–water partition coefficient (Wildman–Crippen LogP) is 1.35. The van der Waals surface area contributed by atoms with Gasteiger partial charge in [-0.2, -0.15) is 5.10 Å². The SMILES string of the molecule is Cc1nn(C)cc1CNC(=S)NCC(C)C. The lowest BCUT2D eigenvalue weighted by molar-refractivity contribution is 0.619. The summed E-state index contributed by atoms with van der Waals surface area (Å²) in [5.41, 5.74) is 2.22. The number of nitrogens with zero attached hydrogens (tertiary/aromatic N) is 2. The molecule has 0 saturated carbocycles.